The maximum atomic E-state index is 10.9. The summed E-state index contributed by atoms with van der Waals surface area (Å²) in [7, 11) is 0. The van der Waals surface area contributed by atoms with Gasteiger partial charge in [0.2, 0.25) is 5.91 Å². The molecule has 106 valence electrons. The van der Waals surface area contributed by atoms with Crippen molar-refractivity contribution in [3.05, 3.63) is 42.8 Å². The van der Waals surface area contributed by atoms with E-state index in [1.165, 1.54) is 17.3 Å². The maximum absolute atomic E-state index is 10.9. The number of carbonyl (C=O) groups excluding carboxylic acids is 1. The lowest BCUT2D eigenvalue weighted by atomic mass is 10.2. The van der Waals surface area contributed by atoms with Crippen LogP contribution in [0.3, 0.4) is 0 Å². The molecule has 21 heavy (non-hydrogen) atoms. The number of amides is 1. The van der Waals surface area contributed by atoms with Crippen LogP contribution >= 0.6 is 0 Å². The van der Waals surface area contributed by atoms with Crippen LogP contribution in [0.2, 0.25) is 0 Å². The Morgan fingerprint density at radius 1 is 1.38 bits per heavy atom. The first-order chi connectivity index (χ1) is 10.2. The smallest absolute Gasteiger partial charge is 0.252 e. The lowest BCUT2D eigenvalue weighted by molar-refractivity contribution is -0.118. The van der Waals surface area contributed by atoms with Gasteiger partial charge in [0.25, 0.3) is 5.95 Å². The third-order valence-corrected chi connectivity index (χ3v) is 2.79. The van der Waals surface area contributed by atoms with Crippen molar-refractivity contribution in [1.82, 2.24) is 24.7 Å². The minimum atomic E-state index is -0.379. The first kappa shape index (κ1) is 13.0. The Labute approximate surface area is 119 Å². The van der Waals surface area contributed by atoms with E-state index in [0.717, 1.165) is 0 Å². The number of hydrogen-bond acceptors (Lipinski definition) is 6. The number of nitrogens with zero attached hydrogens (tertiary/aromatic N) is 5. The van der Waals surface area contributed by atoms with Gasteiger partial charge in [0.15, 0.2) is 5.76 Å². The molecule has 3 aromatic rings. The molecule has 0 unspecified atom stereocenters. The van der Waals surface area contributed by atoms with Crippen LogP contribution in [0.5, 0.6) is 0 Å². The van der Waals surface area contributed by atoms with Gasteiger partial charge in [-0.1, -0.05) is 0 Å². The van der Waals surface area contributed by atoms with E-state index < -0.39 is 0 Å². The van der Waals surface area contributed by atoms with E-state index in [1.54, 1.807) is 24.5 Å². The minimum absolute atomic E-state index is 0.214. The average Bonchev–Trinajstić information content (AvgIpc) is 3.17. The molecule has 2 N–H and O–H groups in total. The van der Waals surface area contributed by atoms with Gasteiger partial charge in [-0.05, 0) is 24.6 Å². The first-order valence-corrected chi connectivity index (χ1v) is 6.27. The van der Waals surface area contributed by atoms with Gasteiger partial charge in [-0.15, -0.1) is 0 Å². The standard InChI is InChI=1S/C13H12N6O2/c14-12(20)4-3-9-6-10(11-2-1-5-21-11)18-13(17-9)19-8-15-7-16-19/h1-2,5-8H,3-4H2,(H2,14,20). The molecular formula is C13H12N6O2. The summed E-state index contributed by atoms with van der Waals surface area (Å²) in [6.45, 7) is 0. The van der Waals surface area contributed by atoms with Crippen LogP contribution < -0.4 is 5.73 Å². The molecule has 0 fully saturated rings. The molecule has 0 aromatic carbocycles. The predicted molar refractivity (Wildman–Crippen MR) is 72.2 cm³/mol. The van der Waals surface area contributed by atoms with E-state index in [1.807, 2.05) is 0 Å². The van der Waals surface area contributed by atoms with E-state index in [0.29, 0.717) is 29.5 Å². The summed E-state index contributed by atoms with van der Waals surface area (Å²) in [4.78, 5) is 23.5. The summed E-state index contributed by atoms with van der Waals surface area (Å²) < 4.78 is 6.79. The van der Waals surface area contributed by atoms with Gasteiger partial charge in [0, 0.05) is 12.1 Å². The van der Waals surface area contributed by atoms with Gasteiger partial charge in [-0.3, -0.25) is 4.79 Å². The van der Waals surface area contributed by atoms with Gasteiger partial charge in [-0.2, -0.15) is 9.78 Å². The number of aryl methyl sites for hydroxylation is 1. The molecule has 0 spiro atoms. The monoisotopic (exact) mass is 284 g/mol. The second-order valence-electron chi connectivity index (χ2n) is 4.33. The van der Waals surface area contributed by atoms with Gasteiger partial charge in [0.1, 0.15) is 18.3 Å². The largest absolute Gasteiger partial charge is 0.463 e. The molecule has 3 heterocycles. The Bertz CT molecular complexity index is 684. The SMILES string of the molecule is NC(=O)CCc1cc(-c2ccco2)nc(-n2cncn2)n1. The fourth-order valence-electron chi connectivity index (χ4n) is 1.83. The third-order valence-electron chi connectivity index (χ3n) is 2.79. The molecule has 0 aliphatic carbocycles. The fourth-order valence-corrected chi connectivity index (χ4v) is 1.83. The first-order valence-electron chi connectivity index (χ1n) is 6.27. The van der Waals surface area contributed by atoms with Crippen LogP contribution in [-0.2, 0) is 11.2 Å². The zero-order valence-corrected chi connectivity index (χ0v) is 11.0. The number of nitrogens with two attached hydrogens (primary N) is 1. The summed E-state index contributed by atoms with van der Waals surface area (Å²) in [5.74, 6) is 0.593. The molecule has 0 saturated carbocycles. The van der Waals surface area contributed by atoms with Gasteiger partial charge in [0.05, 0.1) is 6.26 Å². The number of furan rings is 1. The quantitative estimate of drug-likeness (QED) is 0.739. The lowest BCUT2D eigenvalue weighted by Crippen LogP contribution is -2.12. The van der Waals surface area contributed by atoms with Crippen molar-refractivity contribution in [2.24, 2.45) is 5.73 Å². The topological polar surface area (TPSA) is 113 Å². The molecule has 0 aliphatic rings. The van der Waals surface area contributed by atoms with Crippen molar-refractivity contribution in [3.63, 3.8) is 0 Å². The zero-order chi connectivity index (χ0) is 14.7. The Hall–Kier alpha value is -3.03. The lowest BCUT2D eigenvalue weighted by Gasteiger charge is -2.05. The normalized spacial score (nSPS) is 10.7. The molecule has 1 amide bonds. The number of primary amides is 1. The van der Waals surface area contributed by atoms with E-state index >= 15 is 0 Å². The van der Waals surface area contributed by atoms with Crippen molar-refractivity contribution >= 4 is 5.91 Å². The fraction of sp³-hybridized carbons (Fsp3) is 0.154. The molecule has 8 nitrogen and oxygen atoms in total. The summed E-state index contributed by atoms with van der Waals surface area (Å²) in [5.41, 5.74) is 6.47. The number of rotatable bonds is 5. The van der Waals surface area contributed by atoms with Crippen molar-refractivity contribution in [1.29, 1.82) is 0 Å². The highest BCUT2D eigenvalue weighted by Gasteiger charge is 2.11. The van der Waals surface area contributed by atoms with E-state index in [-0.39, 0.29) is 12.3 Å². The zero-order valence-electron chi connectivity index (χ0n) is 11.0. The van der Waals surface area contributed by atoms with Crippen LogP contribution in [0.1, 0.15) is 12.1 Å². The van der Waals surface area contributed by atoms with Crippen molar-refractivity contribution < 1.29 is 9.21 Å². The highest BCUT2D eigenvalue weighted by molar-refractivity contribution is 5.74. The second-order valence-corrected chi connectivity index (χ2v) is 4.33. The van der Waals surface area contributed by atoms with Crippen LogP contribution in [-0.4, -0.2) is 30.6 Å². The summed E-state index contributed by atoms with van der Waals surface area (Å²) in [6.07, 6.45) is 5.10. The van der Waals surface area contributed by atoms with Crippen molar-refractivity contribution in [2.45, 2.75) is 12.8 Å². The Morgan fingerprint density at radius 2 is 2.29 bits per heavy atom. The number of aromatic nitrogens is 5. The number of hydrogen-bond donors (Lipinski definition) is 1. The van der Waals surface area contributed by atoms with Crippen molar-refractivity contribution in [3.8, 4) is 17.4 Å². The second kappa shape index (κ2) is 5.53. The molecule has 0 aliphatic heterocycles. The van der Waals surface area contributed by atoms with E-state index in [4.69, 9.17) is 10.2 Å². The molecule has 0 atom stereocenters. The maximum Gasteiger partial charge on any atom is 0.252 e. The summed E-state index contributed by atoms with van der Waals surface area (Å²) >= 11 is 0. The predicted octanol–water partition coefficient (Wildman–Crippen LogP) is 0.735. The van der Waals surface area contributed by atoms with Gasteiger partial charge in [-0.25, -0.2) is 15.0 Å². The van der Waals surface area contributed by atoms with E-state index in [2.05, 4.69) is 20.1 Å². The van der Waals surface area contributed by atoms with Crippen LogP contribution in [0.25, 0.3) is 17.4 Å². The number of carbonyl (C=O) groups is 1. The Kier molecular flexibility index (Phi) is 3.42. The highest BCUT2D eigenvalue weighted by atomic mass is 16.3. The van der Waals surface area contributed by atoms with Crippen molar-refractivity contribution in [2.75, 3.05) is 0 Å². The molecule has 0 saturated heterocycles. The van der Waals surface area contributed by atoms with E-state index in [9.17, 15) is 4.79 Å². The van der Waals surface area contributed by atoms with Crippen LogP contribution in [0.15, 0.2) is 41.5 Å². The average molecular weight is 284 g/mol. The van der Waals surface area contributed by atoms with Gasteiger partial charge >= 0.3 is 0 Å². The van der Waals surface area contributed by atoms with Gasteiger partial charge < -0.3 is 10.2 Å². The van der Waals surface area contributed by atoms with Crippen LogP contribution in [0.4, 0.5) is 0 Å². The molecule has 3 rings (SSSR count). The Balaban J connectivity index is 2.02. The highest BCUT2D eigenvalue weighted by Crippen LogP contribution is 2.19. The third kappa shape index (κ3) is 2.94. The molecule has 8 heteroatoms. The minimum Gasteiger partial charge on any atom is -0.463 e. The summed E-state index contributed by atoms with van der Waals surface area (Å²) in [6, 6.07) is 5.34. The summed E-state index contributed by atoms with van der Waals surface area (Å²) in [5, 5.41) is 4.00. The Morgan fingerprint density at radius 3 is 2.95 bits per heavy atom. The molecule has 0 radical (unpaired) electrons. The van der Waals surface area contributed by atoms with Crippen LogP contribution in [0, 0.1) is 0 Å². The molecule has 0 bridgehead atoms. The molecule has 3 aromatic heterocycles. The molecular weight excluding hydrogens is 272 g/mol.